The van der Waals surface area contributed by atoms with Crippen LogP contribution in [0.25, 0.3) is 0 Å². The van der Waals surface area contributed by atoms with Gasteiger partial charge >= 0.3 is 5.97 Å². The highest BCUT2D eigenvalue weighted by Gasteiger charge is 2.09. The van der Waals surface area contributed by atoms with Gasteiger partial charge in [-0.1, -0.05) is 12.1 Å². The summed E-state index contributed by atoms with van der Waals surface area (Å²) in [5.74, 6) is -1.82. The van der Waals surface area contributed by atoms with Gasteiger partial charge in [0.2, 0.25) is 5.91 Å². The second-order valence-corrected chi connectivity index (χ2v) is 4.87. The van der Waals surface area contributed by atoms with E-state index in [1.54, 1.807) is 18.2 Å². The SMILES string of the molecule is CC(=O)c1cccc(NC(=O)Cn2cc(C(=O)O)ccc2=O)c1. The Morgan fingerprint density at radius 2 is 1.87 bits per heavy atom. The molecule has 0 aliphatic rings. The zero-order valence-electron chi connectivity index (χ0n) is 12.3. The zero-order chi connectivity index (χ0) is 17.0. The first-order valence-electron chi connectivity index (χ1n) is 6.71. The van der Waals surface area contributed by atoms with Gasteiger partial charge in [-0.3, -0.25) is 14.4 Å². The number of nitrogens with one attached hydrogen (secondary N) is 1. The number of hydrogen-bond donors (Lipinski definition) is 2. The largest absolute Gasteiger partial charge is 0.478 e. The molecule has 2 N–H and O–H groups in total. The van der Waals surface area contributed by atoms with Crippen molar-refractivity contribution in [3.63, 3.8) is 0 Å². The Bertz CT molecular complexity index is 838. The van der Waals surface area contributed by atoms with Gasteiger partial charge in [-0.05, 0) is 25.1 Å². The Hall–Kier alpha value is -3.22. The first-order valence-corrected chi connectivity index (χ1v) is 6.71. The molecule has 0 aliphatic heterocycles. The average Bonchev–Trinajstić information content (AvgIpc) is 2.49. The third kappa shape index (κ3) is 4.13. The van der Waals surface area contributed by atoms with Crippen LogP contribution in [0.4, 0.5) is 5.69 Å². The summed E-state index contributed by atoms with van der Waals surface area (Å²) in [6.07, 6.45) is 1.11. The van der Waals surface area contributed by atoms with E-state index < -0.39 is 17.4 Å². The number of Topliss-reactive ketones (excluding diaryl/α,β-unsaturated/α-hetero) is 1. The van der Waals surface area contributed by atoms with Crippen molar-refractivity contribution in [2.45, 2.75) is 13.5 Å². The van der Waals surface area contributed by atoms with Gasteiger partial charge < -0.3 is 15.0 Å². The minimum absolute atomic E-state index is 0.0871. The number of amides is 1. The van der Waals surface area contributed by atoms with Gasteiger partial charge in [0.15, 0.2) is 5.78 Å². The van der Waals surface area contributed by atoms with Crippen molar-refractivity contribution in [2.24, 2.45) is 0 Å². The van der Waals surface area contributed by atoms with Gasteiger partial charge in [0.25, 0.3) is 5.56 Å². The Morgan fingerprint density at radius 3 is 2.52 bits per heavy atom. The first-order chi connectivity index (χ1) is 10.9. The maximum Gasteiger partial charge on any atom is 0.337 e. The number of benzene rings is 1. The van der Waals surface area contributed by atoms with E-state index in [0.29, 0.717) is 11.3 Å². The number of carboxylic acids is 1. The number of carbonyl (C=O) groups is 3. The lowest BCUT2D eigenvalue weighted by atomic mass is 10.1. The summed E-state index contributed by atoms with van der Waals surface area (Å²) < 4.78 is 1.01. The smallest absolute Gasteiger partial charge is 0.337 e. The van der Waals surface area contributed by atoms with E-state index in [1.807, 2.05) is 0 Å². The fraction of sp³-hybridized carbons (Fsp3) is 0.125. The highest BCUT2D eigenvalue weighted by atomic mass is 16.4. The predicted molar refractivity (Wildman–Crippen MR) is 82.7 cm³/mol. The molecule has 7 heteroatoms. The molecule has 0 bridgehead atoms. The van der Waals surface area contributed by atoms with Crippen LogP contribution in [0.1, 0.15) is 27.6 Å². The van der Waals surface area contributed by atoms with Crippen molar-refractivity contribution in [3.8, 4) is 0 Å². The van der Waals surface area contributed by atoms with Crippen LogP contribution in [-0.4, -0.2) is 27.3 Å². The number of nitrogens with zero attached hydrogens (tertiary/aromatic N) is 1. The molecular formula is C16H14N2O5. The van der Waals surface area contributed by atoms with Gasteiger partial charge in [-0.15, -0.1) is 0 Å². The van der Waals surface area contributed by atoms with Gasteiger partial charge in [-0.25, -0.2) is 4.79 Å². The maximum absolute atomic E-state index is 12.0. The van der Waals surface area contributed by atoms with E-state index in [4.69, 9.17) is 5.11 Å². The van der Waals surface area contributed by atoms with Crippen molar-refractivity contribution in [3.05, 3.63) is 64.1 Å². The zero-order valence-corrected chi connectivity index (χ0v) is 12.3. The molecule has 0 unspecified atom stereocenters. The monoisotopic (exact) mass is 314 g/mol. The minimum atomic E-state index is -1.19. The maximum atomic E-state index is 12.0. The Balaban J connectivity index is 2.15. The van der Waals surface area contributed by atoms with E-state index in [1.165, 1.54) is 19.1 Å². The number of hydrogen-bond acceptors (Lipinski definition) is 4. The molecular weight excluding hydrogens is 300 g/mol. The van der Waals surface area contributed by atoms with E-state index >= 15 is 0 Å². The molecule has 0 saturated heterocycles. The second-order valence-electron chi connectivity index (χ2n) is 4.87. The lowest BCUT2D eigenvalue weighted by Crippen LogP contribution is -2.27. The summed E-state index contributed by atoms with van der Waals surface area (Å²) in [6.45, 7) is 1.09. The molecule has 118 valence electrons. The number of carbonyl (C=O) groups excluding carboxylic acids is 2. The molecule has 0 radical (unpaired) electrons. The predicted octanol–water partition coefficient (Wildman–Crippen LogP) is 1.39. The summed E-state index contributed by atoms with van der Waals surface area (Å²) >= 11 is 0. The van der Waals surface area contributed by atoms with E-state index in [-0.39, 0.29) is 17.9 Å². The molecule has 1 aromatic carbocycles. The highest BCUT2D eigenvalue weighted by molar-refractivity contribution is 5.97. The van der Waals surface area contributed by atoms with Gasteiger partial charge in [0.05, 0.1) is 5.56 Å². The number of anilines is 1. The van der Waals surface area contributed by atoms with E-state index in [0.717, 1.165) is 16.8 Å². The summed E-state index contributed by atoms with van der Waals surface area (Å²) in [5.41, 5.74) is 0.302. The molecule has 23 heavy (non-hydrogen) atoms. The number of aromatic carboxylic acids is 1. The second kappa shape index (κ2) is 6.69. The summed E-state index contributed by atoms with van der Waals surface area (Å²) in [7, 11) is 0. The molecule has 0 atom stereocenters. The average molecular weight is 314 g/mol. The minimum Gasteiger partial charge on any atom is -0.478 e. The normalized spacial score (nSPS) is 10.1. The first kappa shape index (κ1) is 16.2. The van der Waals surface area contributed by atoms with Crippen LogP contribution in [0.2, 0.25) is 0 Å². The van der Waals surface area contributed by atoms with Crippen LogP contribution < -0.4 is 10.9 Å². The van der Waals surface area contributed by atoms with Crippen molar-refractivity contribution in [2.75, 3.05) is 5.32 Å². The van der Waals surface area contributed by atoms with Gasteiger partial charge in [0, 0.05) is 23.5 Å². The van der Waals surface area contributed by atoms with Crippen LogP contribution in [0.3, 0.4) is 0 Å². The van der Waals surface area contributed by atoms with Gasteiger partial charge in [0.1, 0.15) is 6.54 Å². The van der Waals surface area contributed by atoms with Crippen molar-refractivity contribution >= 4 is 23.3 Å². The fourth-order valence-corrected chi connectivity index (χ4v) is 1.95. The summed E-state index contributed by atoms with van der Waals surface area (Å²) in [5, 5.41) is 11.5. The van der Waals surface area contributed by atoms with Crippen LogP contribution in [0.15, 0.2) is 47.4 Å². The lowest BCUT2D eigenvalue weighted by molar-refractivity contribution is -0.116. The fourth-order valence-electron chi connectivity index (χ4n) is 1.95. The number of carboxylic acid groups (broad SMARTS) is 1. The van der Waals surface area contributed by atoms with Crippen molar-refractivity contribution in [1.82, 2.24) is 4.57 Å². The molecule has 1 aromatic heterocycles. The highest BCUT2D eigenvalue weighted by Crippen LogP contribution is 2.11. The lowest BCUT2D eigenvalue weighted by Gasteiger charge is -2.08. The van der Waals surface area contributed by atoms with Crippen molar-refractivity contribution < 1.29 is 19.5 Å². The van der Waals surface area contributed by atoms with Crippen LogP contribution in [0.5, 0.6) is 0 Å². The van der Waals surface area contributed by atoms with E-state index in [2.05, 4.69) is 5.32 Å². The molecule has 1 amide bonds. The molecule has 0 saturated carbocycles. The number of aromatic nitrogens is 1. The van der Waals surface area contributed by atoms with E-state index in [9.17, 15) is 19.2 Å². The van der Waals surface area contributed by atoms with Crippen LogP contribution >= 0.6 is 0 Å². The molecule has 2 aromatic rings. The Labute approximate surface area is 131 Å². The number of ketones is 1. The van der Waals surface area contributed by atoms with Crippen LogP contribution in [-0.2, 0) is 11.3 Å². The summed E-state index contributed by atoms with van der Waals surface area (Å²) in [6, 6.07) is 8.66. The standard InChI is InChI=1S/C16H14N2O5/c1-10(19)11-3-2-4-13(7-11)17-14(20)9-18-8-12(16(22)23)5-6-15(18)21/h2-8H,9H2,1H3,(H,17,20)(H,22,23). The van der Waals surface area contributed by atoms with Crippen molar-refractivity contribution in [1.29, 1.82) is 0 Å². The molecule has 1 heterocycles. The molecule has 0 spiro atoms. The molecule has 0 fully saturated rings. The molecule has 2 rings (SSSR count). The van der Waals surface area contributed by atoms with Crippen LogP contribution in [0, 0.1) is 0 Å². The third-order valence-electron chi connectivity index (χ3n) is 3.10. The third-order valence-corrected chi connectivity index (χ3v) is 3.10. The molecule has 0 aliphatic carbocycles. The van der Waals surface area contributed by atoms with Gasteiger partial charge in [-0.2, -0.15) is 0 Å². The Morgan fingerprint density at radius 1 is 1.13 bits per heavy atom. The Kier molecular flexibility index (Phi) is 4.70. The summed E-state index contributed by atoms with van der Waals surface area (Å²) in [4.78, 5) is 45.9. The quantitative estimate of drug-likeness (QED) is 0.811. The number of pyridine rings is 1. The topological polar surface area (TPSA) is 105 Å². The molecule has 7 nitrogen and oxygen atoms in total. The number of rotatable bonds is 5.